The number of nitro benzene ring substituents is 2. The van der Waals surface area contributed by atoms with E-state index in [1.54, 1.807) is 42.5 Å². The highest BCUT2D eigenvalue weighted by Crippen LogP contribution is 2.59. The number of carboxylic acids is 1. The van der Waals surface area contributed by atoms with Crippen molar-refractivity contribution in [2.24, 2.45) is 5.92 Å². The van der Waals surface area contributed by atoms with E-state index in [-0.39, 0.29) is 34.0 Å². The molecule has 2 N–H and O–H groups in total. The number of nitro groups is 2. The van der Waals surface area contributed by atoms with Gasteiger partial charge in [0.1, 0.15) is 0 Å². The second-order valence-electron chi connectivity index (χ2n) is 8.76. The lowest BCUT2D eigenvalue weighted by atomic mass is 9.76. The number of hydrogen-bond acceptors (Lipinski definition) is 7. The molecule has 184 valence electrons. The fourth-order valence-corrected chi connectivity index (χ4v) is 7.36. The van der Waals surface area contributed by atoms with Gasteiger partial charge in [-0.05, 0) is 30.0 Å². The van der Waals surface area contributed by atoms with E-state index in [2.05, 4.69) is 5.32 Å². The Morgan fingerprint density at radius 2 is 1.58 bits per heavy atom. The number of thioether (sulfide) groups is 1. The van der Waals surface area contributed by atoms with Crippen molar-refractivity contribution in [1.29, 1.82) is 0 Å². The number of hydrogen-bond donors (Lipinski definition) is 2. The highest BCUT2D eigenvalue weighted by atomic mass is 35.5. The van der Waals surface area contributed by atoms with Gasteiger partial charge in [-0.15, -0.1) is 23.4 Å². The van der Waals surface area contributed by atoms with Crippen molar-refractivity contribution in [3.8, 4) is 0 Å². The zero-order chi connectivity index (χ0) is 25.6. The second kappa shape index (κ2) is 9.44. The third kappa shape index (κ3) is 4.06. The summed E-state index contributed by atoms with van der Waals surface area (Å²) in [5, 5.41) is 35.8. The molecule has 0 spiro atoms. The fraction of sp³-hybridized carbons (Fsp3) is 0.240. The summed E-state index contributed by atoms with van der Waals surface area (Å²) in [6.45, 7) is 0. The SMILES string of the molecule is O=C(O)c1cccc2c1NC(c1ccccc1[N+](=O)[O-])C1CC(Sc3ccccc3[N+](=O)[O-])C(Cl)C21. The lowest BCUT2D eigenvalue weighted by Gasteiger charge is -2.38. The van der Waals surface area contributed by atoms with Crippen molar-refractivity contribution >= 4 is 46.4 Å². The molecule has 1 fully saturated rings. The van der Waals surface area contributed by atoms with Gasteiger partial charge in [-0.2, -0.15) is 0 Å². The first kappa shape index (κ1) is 24.1. The molecule has 0 aromatic heterocycles. The number of aromatic carboxylic acids is 1. The number of nitrogens with one attached hydrogen (secondary N) is 1. The molecule has 11 heteroatoms. The number of halogens is 1. The van der Waals surface area contributed by atoms with Gasteiger partial charge in [0, 0.05) is 23.3 Å². The lowest BCUT2D eigenvalue weighted by Crippen LogP contribution is -2.32. The lowest BCUT2D eigenvalue weighted by molar-refractivity contribution is -0.387. The van der Waals surface area contributed by atoms with Gasteiger partial charge in [0.05, 0.1) is 43.0 Å². The van der Waals surface area contributed by atoms with Crippen LogP contribution in [0.1, 0.15) is 39.9 Å². The Bertz CT molecular complexity index is 1390. The molecule has 5 rings (SSSR count). The van der Waals surface area contributed by atoms with Gasteiger partial charge >= 0.3 is 5.97 Å². The zero-order valence-electron chi connectivity index (χ0n) is 18.6. The topological polar surface area (TPSA) is 136 Å². The fourth-order valence-electron chi connectivity index (χ4n) is 5.42. The van der Waals surface area contributed by atoms with Crippen molar-refractivity contribution in [2.45, 2.75) is 33.9 Å². The summed E-state index contributed by atoms with van der Waals surface area (Å²) in [6.07, 6.45) is 0.524. The molecule has 9 nitrogen and oxygen atoms in total. The summed E-state index contributed by atoms with van der Waals surface area (Å²) in [7, 11) is 0. The van der Waals surface area contributed by atoms with Crippen LogP contribution in [0.3, 0.4) is 0 Å². The normalized spacial score (nSPS) is 24.3. The van der Waals surface area contributed by atoms with Crippen LogP contribution in [0.25, 0.3) is 0 Å². The van der Waals surface area contributed by atoms with E-state index in [1.807, 2.05) is 6.07 Å². The number of alkyl halides is 1. The van der Waals surface area contributed by atoms with E-state index in [0.717, 1.165) is 5.56 Å². The number of rotatable bonds is 6. The number of nitrogens with zero attached hydrogens (tertiary/aromatic N) is 2. The average molecular weight is 526 g/mol. The van der Waals surface area contributed by atoms with Gasteiger partial charge in [-0.25, -0.2) is 4.79 Å². The van der Waals surface area contributed by atoms with Crippen LogP contribution >= 0.6 is 23.4 Å². The molecule has 3 aromatic carbocycles. The molecule has 1 saturated carbocycles. The molecule has 0 saturated heterocycles. The molecule has 0 amide bonds. The molecular formula is C25H20ClN3O6S. The van der Waals surface area contributed by atoms with E-state index < -0.39 is 27.2 Å². The van der Waals surface area contributed by atoms with Gasteiger partial charge in [-0.1, -0.05) is 42.5 Å². The minimum atomic E-state index is -1.12. The third-order valence-electron chi connectivity index (χ3n) is 6.89. The molecule has 1 aliphatic heterocycles. The average Bonchev–Trinajstić information content (AvgIpc) is 3.19. The summed E-state index contributed by atoms with van der Waals surface area (Å²) in [4.78, 5) is 35.0. The first-order chi connectivity index (χ1) is 17.3. The predicted octanol–water partition coefficient (Wildman–Crippen LogP) is 6.24. The number of benzene rings is 3. The van der Waals surface area contributed by atoms with E-state index in [0.29, 0.717) is 22.6 Å². The molecule has 2 aliphatic rings. The van der Waals surface area contributed by atoms with E-state index in [9.17, 15) is 30.1 Å². The third-order valence-corrected chi connectivity index (χ3v) is 9.00. The number of carbonyl (C=O) groups is 1. The smallest absolute Gasteiger partial charge is 0.337 e. The molecule has 5 unspecified atom stereocenters. The van der Waals surface area contributed by atoms with Gasteiger partial charge in [0.2, 0.25) is 0 Å². The predicted molar refractivity (Wildman–Crippen MR) is 136 cm³/mol. The van der Waals surface area contributed by atoms with Crippen LogP contribution in [0.2, 0.25) is 0 Å². The number of carboxylic acid groups (broad SMARTS) is 1. The van der Waals surface area contributed by atoms with Gasteiger partial charge in [0.25, 0.3) is 11.4 Å². The summed E-state index contributed by atoms with van der Waals surface area (Å²) in [6, 6.07) is 17.3. The Balaban J connectivity index is 1.62. The molecule has 1 aliphatic carbocycles. The van der Waals surface area contributed by atoms with E-state index >= 15 is 0 Å². The van der Waals surface area contributed by atoms with Gasteiger partial charge in [0.15, 0.2) is 0 Å². The summed E-state index contributed by atoms with van der Waals surface area (Å²) in [5.74, 6) is -1.63. The highest BCUT2D eigenvalue weighted by molar-refractivity contribution is 8.00. The van der Waals surface area contributed by atoms with Crippen LogP contribution < -0.4 is 5.32 Å². The highest BCUT2D eigenvalue weighted by Gasteiger charge is 2.52. The molecule has 0 bridgehead atoms. The van der Waals surface area contributed by atoms with Crippen LogP contribution in [0.5, 0.6) is 0 Å². The molecule has 36 heavy (non-hydrogen) atoms. The second-order valence-corrected chi connectivity index (χ2v) is 10.5. The Hall–Kier alpha value is -3.63. The number of fused-ring (bicyclic) bond motifs is 3. The van der Waals surface area contributed by atoms with Crippen molar-refractivity contribution < 1.29 is 19.7 Å². The minimum Gasteiger partial charge on any atom is -0.478 e. The van der Waals surface area contributed by atoms with Crippen molar-refractivity contribution in [2.75, 3.05) is 5.32 Å². The van der Waals surface area contributed by atoms with E-state index in [4.69, 9.17) is 11.6 Å². The molecular weight excluding hydrogens is 506 g/mol. The summed E-state index contributed by atoms with van der Waals surface area (Å²) < 4.78 is 0. The standard InChI is InChI=1S/C25H20ClN3O6S/c26-22-20(36-19-11-4-3-10-18(19)29(34)35)12-16-21(22)14-7-5-8-15(25(30)31)24(14)27-23(16)13-6-1-2-9-17(13)28(32)33/h1-11,16,20-23,27H,12H2,(H,30,31). The molecule has 5 atom stereocenters. The van der Waals surface area contributed by atoms with Crippen LogP contribution in [-0.2, 0) is 0 Å². The zero-order valence-corrected chi connectivity index (χ0v) is 20.2. The number of para-hydroxylation sites is 3. The van der Waals surface area contributed by atoms with E-state index in [1.165, 1.54) is 30.0 Å². The van der Waals surface area contributed by atoms with Crippen LogP contribution in [0.15, 0.2) is 71.6 Å². The molecule has 0 radical (unpaired) electrons. The van der Waals surface area contributed by atoms with Crippen LogP contribution in [0, 0.1) is 26.1 Å². The monoisotopic (exact) mass is 525 g/mol. The maximum Gasteiger partial charge on any atom is 0.337 e. The molecule has 3 aromatic rings. The summed E-state index contributed by atoms with van der Waals surface area (Å²) >= 11 is 8.37. The maximum absolute atomic E-state index is 12.0. The Labute approximate surface area is 214 Å². The first-order valence-electron chi connectivity index (χ1n) is 11.2. The largest absolute Gasteiger partial charge is 0.478 e. The maximum atomic E-state index is 12.0. The van der Waals surface area contributed by atoms with Crippen LogP contribution in [0.4, 0.5) is 17.1 Å². The van der Waals surface area contributed by atoms with Crippen LogP contribution in [-0.4, -0.2) is 31.5 Å². The van der Waals surface area contributed by atoms with Gasteiger partial charge < -0.3 is 10.4 Å². The summed E-state index contributed by atoms with van der Waals surface area (Å²) in [5.41, 5.74) is 1.57. The number of anilines is 1. The quantitative estimate of drug-likeness (QED) is 0.219. The Kier molecular flexibility index (Phi) is 6.31. The Morgan fingerprint density at radius 1 is 0.944 bits per heavy atom. The van der Waals surface area contributed by atoms with Crippen molar-refractivity contribution in [3.63, 3.8) is 0 Å². The van der Waals surface area contributed by atoms with Gasteiger partial charge in [-0.3, -0.25) is 20.2 Å². The Morgan fingerprint density at radius 3 is 2.28 bits per heavy atom. The first-order valence-corrected chi connectivity index (χ1v) is 12.5. The van der Waals surface area contributed by atoms with Crippen molar-refractivity contribution in [3.05, 3.63) is 104 Å². The van der Waals surface area contributed by atoms with Crippen molar-refractivity contribution in [1.82, 2.24) is 0 Å². The minimum absolute atomic E-state index is 0.0109. The molecule has 1 heterocycles.